The van der Waals surface area contributed by atoms with E-state index >= 15 is 0 Å². The largest absolute Gasteiger partial charge is 0.490 e. The summed E-state index contributed by atoms with van der Waals surface area (Å²) >= 11 is 0. The molecule has 0 heterocycles. The van der Waals surface area contributed by atoms with Crippen LogP contribution in [0.5, 0.6) is 17.2 Å². The summed E-state index contributed by atoms with van der Waals surface area (Å²) in [5.41, 5.74) is 2.77. The summed E-state index contributed by atoms with van der Waals surface area (Å²) in [5, 5.41) is 8.85. The molecular formula is C32H30O9. The lowest BCUT2D eigenvalue weighted by molar-refractivity contribution is -0.140. The first kappa shape index (κ1) is 30.4. The van der Waals surface area contributed by atoms with Crippen LogP contribution >= 0.6 is 0 Å². The van der Waals surface area contributed by atoms with E-state index in [1.54, 1.807) is 30.3 Å². The van der Waals surface area contributed by atoms with Crippen molar-refractivity contribution in [1.29, 1.82) is 0 Å². The van der Waals surface area contributed by atoms with Crippen LogP contribution in [0.25, 0.3) is 17.2 Å². The molecule has 3 rings (SSSR count). The highest BCUT2D eigenvalue weighted by atomic mass is 16.6. The number of hydrogen-bond donors (Lipinski definition) is 1. The second-order valence-corrected chi connectivity index (χ2v) is 8.34. The zero-order valence-electron chi connectivity index (χ0n) is 22.3. The van der Waals surface area contributed by atoms with Gasteiger partial charge in [0.1, 0.15) is 43.7 Å². The molecule has 0 bridgehead atoms. The third-order valence-electron chi connectivity index (χ3n) is 5.38. The SMILES string of the molecule is C=CC(=O)OCCOc1ccc(OC(=O)/C=C/c2ccc(-c3ccc(OCCOC(=O)C(=C)CO)cc3)cc2)cc1. The molecule has 9 heteroatoms. The molecular weight excluding hydrogens is 528 g/mol. The fourth-order valence-electron chi connectivity index (χ4n) is 3.27. The summed E-state index contributed by atoms with van der Waals surface area (Å²) in [6, 6.07) is 21.6. The van der Waals surface area contributed by atoms with Gasteiger partial charge >= 0.3 is 17.9 Å². The van der Waals surface area contributed by atoms with Crippen molar-refractivity contribution >= 4 is 24.0 Å². The van der Waals surface area contributed by atoms with Gasteiger partial charge in [0.25, 0.3) is 0 Å². The van der Waals surface area contributed by atoms with Crippen molar-refractivity contribution in [1.82, 2.24) is 0 Å². The zero-order valence-corrected chi connectivity index (χ0v) is 22.3. The van der Waals surface area contributed by atoms with E-state index in [2.05, 4.69) is 13.2 Å². The van der Waals surface area contributed by atoms with E-state index in [-0.39, 0.29) is 32.0 Å². The topological polar surface area (TPSA) is 118 Å². The van der Waals surface area contributed by atoms with Gasteiger partial charge in [0.2, 0.25) is 0 Å². The van der Waals surface area contributed by atoms with Gasteiger partial charge < -0.3 is 28.8 Å². The molecule has 3 aromatic carbocycles. The van der Waals surface area contributed by atoms with Crippen molar-refractivity contribution in [2.24, 2.45) is 0 Å². The normalized spacial score (nSPS) is 10.5. The maximum atomic E-state index is 12.2. The molecule has 3 aromatic rings. The Morgan fingerprint density at radius 1 is 0.683 bits per heavy atom. The highest BCUT2D eigenvalue weighted by molar-refractivity contribution is 5.89. The quantitative estimate of drug-likeness (QED) is 0.124. The minimum atomic E-state index is -0.651. The highest BCUT2D eigenvalue weighted by Crippen LogP contribution is 2.23. The van der Waals surface area contributed by atoms with Crippen molar-refractivity contribution in [3.05, 3.63) is 109 Å². The van der Waals surface area contributed by atoms with E-state index in [0.717, 1.165) is 22.8 Å². The molecule has 1 N–H and O–H groups in total. The van der Waals surface area contributed by atoms with Gasteiger partial charge in [-0.1, -0.05) is 49.6 Å². The Morgan fingerprint density at radius 2 is 1.20 bits per heavy atom. The Kier molecular flexibility index (Phi) is 11.9. The number of carbonyl (C=O) groups excluding carboxylic acids is 3. The standard InChI is InChI=1S/C32H30O9/c1-3-30(34)39-20-18-37-28-13-15-29(16-14-28)41-31(35)17-6-24-4-7-25(8-5-24)26-9-11-27(12-10-26)38-19-21-40-32(36)23(2)22-33/h3-17,33H,1-2,18-22H2/b17-6+. The molecule has 0 aromatic heterocycles. The van der Waals surface area contributed by atoms with Gasteiger partial charge in [0, 0.05) is 12.2 Å². The van der Waals surface area contributed by atoms with Crippen LogP contribution in [0.3, 0.4) is 0 Å². The zero-order chi connectivity index (χ0) is 29.5. The van der Waals surface area contributed by atoms with Crippen molar-refractivity contribution < 1.29 is 43.2 Å². The Labute approximate surface area is 237 Å². The molecule has 0 fully saturated rings. The number of aliphatic hydroxyl groups excluding tert-OH is 1. The van der Waals surface area contributed by atoms with E-state index in [1.807, 2.05) is 48.5 Å². The van der Waals surface area contributed by atoms with E-state index in [0.29, 0.717) is 17.2 Å². The van der Waals surface area contributed by atoms with E-state index < -0.39 is 24.5 Å². The number of esters is 3. The van der Waals surface area contributed by atoms with Crippen LogP contribution in [-0.4, -0.2) is 56.0 Å². The second kappa shape index (κ2) is 16.1. The molecule has 0 saturated heterocycles. The van der Waals surface area contributed by atoms with Gasteiger partial charge in [-0.15, -0.1) is 0 Å². The Hall–Kier alpha value is -5.15. The van der Waals surface area contributed by atoms with Gasteiger partial charge in [0.15, 0.2) is 0 Å². The second-order valence-electron chi connectivity index (χ2n) is 8.34. The predicted molar refractivity (Wildman–Crippen MR) is 152 cm³/mol. The first-order chi connectivity index (χ1) is 19.9. The van der Waals surface area contributed by atoms with Crippen LogP contribution in [0.4, 0.5) is 0 Å². The lowest BCUT2D eigenvalue weighted by Crippen LogP contribution is -2.14. The van der Waals surface area contributed by atoms with Crippen LogP contribution in [0.15, 0.2) is 104 Å². The number of rotatable bonds is 15. The van der Waals surface area contributed by atoms with Gasteiger partial charge in [-0.05, 0) is 59.2 Å². The lowest BCUT2D eigenvalue weighted by Gasteiger charge is -2.09. The monoisotopic (exact) mass is 558 g/mol. The molecule has 9 nitrogen and oxygen atoms in total. The Balaban J connectivity index is 1.42. The average Bonchev–Trinajstić information content (AvgIpc) is 3.01. The van der Waals surface area contributed by atoms with Crippen molar-refractivity contribution in [3.63, 3.8) is 0 Å². The number of benzene rings is 3. The summed E-state index contributed by atoms with van der Waals surface area (Å²) in [6.07, 6.45) is 4.09. The van der Waals surface area contributed by atoms with E-state index in [9.17, 15) is 14.4 Å². The Bertz CT molecular complexity index is 1360. The number of ether oxygens (including phenoxy) is 5. The highest BCUT2D eigenvalue weighted by Gasteiger charge is 2.07. The van der Waals surface area contributed by atoms with Gasteiger partial charge in [-0.2, -0.15) is 0 Å². The molecule has 212 valence electrons. The molecule has 0 saturated carbocycles. The minimum Gasteiger partial charge on any atom is -0.490 e. The Morgan fingerprint density at radius 3 is 1.76 bits per heavy atom. The fraction of sp³-hybridized carbons (Fsp3) is 0.156. The number of aliphatic hydroxyl groups is 1. The average molecular weight is 559 g/mol. The maximum Gasteiger partial charge on any atom is 0.336 e. The molecule has 0 aliphatic carbocycles. The fourth-order valence-corrected chi connectivity index (χ4v) is 3.27. The molecule has 41 heavy (non-hydrogen) atoms. The molecule has 0 atom stereocenters. The van der Waals surface area contributed by atoms with Gasteiger partial charge in [-0.25, -0.2) is 14.4 Å². The summed E-state index contributed by atoms with van der Waals surface area (Å²) in [7, 11) is 0. The van der Waals surface area contributed by atoms with Crippen molar-refractivity contribution in [3.8, 4) is 28.4 Å². The number of carbonyl (C=O) groups is 3. The van der Waals surface area contributed by atoms with Crippen LogP contribution in [0.1, 0.15) is 5.56 Å². The molecule has 0 spiro atoms. The van der Waals surface area contributed by atoms with E-state index in [4.69, 9.17) is 28.8 Å². The van der Waals surface area contributed by atoms with Crippen LogP contribution in [0, 0.1) is 0 Å². The predicted octanol–water partition coefficient (Wildman–Crippen LogP) is 4.55. The maximum absolute atomic E-state index is 12.2. The smallest absolute Gasteiger partial charge is 0.336 e. The molecule has 0 aliphatic heterocycles. The summed E-state index contributed by atoms with van der Waals surface area (Å²) in [5.74, 6) is -0.162. The summed E-state index contributed by atoms with van der Waals surface area (Å²) < 4.78 is 26.1. The summed E-state index contributed by atoms with van der Waals surface area (Å²) in [6.45, 7) is 6.76. The minimum absolute atomic E-state index is 0.00636. The lowest BCUT2D eigenvalue weighted by atomic mass is 10.0. The van der Waals surface area contributed by atoms with Gasteiger partial charge in [-0.3, -0.25) is 0 Å². The van der Waals surface area contributed by atoms with Crippen molar-refractivity contribution in [2.45, 2.75) is 0 Å². The van der Waals surface area contributed by atoms with E-state index in [1.165, 1.54) is 6.08 Å². The first-order valence-electron chi connectivity index (χ1n) is 12.6. The molecule has 0 amide bonds. The molecule has 0 aliphatic rings. The first-order valence-corrected chi connectivity index (χ1v) is 12.6. The van der Waals surface area contributed by atoms with Crippen LogP contribution in [-0.2, 0) is 23.9 Å². The third kappa shape index (κ3) is 10.5. The number of hydrogen-bond acceptors (Lipinski definition) is 9. The third-order valence-corrected chi connectivity index (χ3v) is 5.38. The van der Waals surface area contributed by atoms with Gasteiger partial charge in [0.05, 0.1) is 12.2 Å². The molecule has 0 unspecified atom stereocenters. The van der Waals surface area contributed by atoms with Crippen LogP contribution < -0.4 is 14.2 Å². The summed E-state index contributed by atoms with van der Waals surface area (Å²) in [4.78, 5) is 34.7. The van der Waals surface area contributed by atoms with Crippen LogP contribution in [0.2, 0.25) is 0 Å². The molecule has 0 radical (unpaired) electrons. The van der Waals surface area contributed by atoms with Crippen molar-refractivity contribution in [2.75, 3.05) is 33.0 Å².